The normalized spacial score (nSPS) is 11.0. The highest BCUT2D eigenvalue weighted by Gasteiger charge is 2.18. The van der Waals surface area contributed by atoms with Crippen molar-refractivity contribution in [3.8, 4) is 22.5 Å². The van der Waals surface area contributed by atoms with Crippen molar-refractivity contribution in [3.05, 3.63) is 71.2 Å². The van der Waals surface area contributed by atoms with Crippen molar-refractivity contribution >= 4 is 5.52 Å². The molecule has 112 valence electrons. The molecule has 1 N–H and O–H groups in total. The maximum absolute atomic E-state index is 13.6. The van der Waals surface area contributed by atoms with E-state index in [0.717, 1.165) is 0 Å². The lowest BCUT2D eigenvalue weighted by Gasteiger charge is -2.02. The van der Waals surface area contributed by atoms with E-state index >= 15 is 0 Å². The van der Waals surface area contributed by atoms with Gasteiger partial charge in [-0.1, -0.05) is 12.1 Å². The summed E-state index contributed by atoms with van der Waals surface area (Å²) in [5.41, 5.74) is 2.82. The lowest BCUT2D eigenvalue weighted by molar-refractivity contribution is 0.628. The third-order valence-corrected chi connectivity index (χ3v) is 3.47. The van der Waals surface area contributed by atoms with Gasteiger partial charge in [0.1, 0.15) is 11.5 Å². The number of H-pyrrole nitrogens is 1. The number of fused-ring (bicyclic) bond motifs is 1. The minimum Gasteiger partial charge on any atom is -0.268 e. The Morgan fingerprint density at radius 3 is 2.87 bits per heavy atom. The molecule has 0 aliphatic heterocycles. The van der Waals surface area contributed by atoms with E-state index in [1.807, 2.05) is 0 Å². The molecule has 3 heterocycles. The summed E-state index contributed by atoms with van der Waals surface area (Å²) in [6.07, 6.45) is 4.96. The van der Waals surface area contributed by atoms with E-state index in [1.54, 1.807) is 41.3 Å². The fourth-order valence-corrected chi connectivity index (χ4v) is 2.47. The average molecular weight is 307 g/mol. The van der Waals surface area contributed by atoms with E-state index in [-0.39, 0.29) is 11.4 Å². The van der Waals surface area contributed by atoms with Gasteiger partial charge in [0.15, 0.2) is 0 Å². The van der Waals surface area contributed by atoms with Gasteiger partial charge in [-0.05, 0) is 18.2 Å². The van der Waals surface area contributed by atoms with Crippen LogP contribution < -0.4 is 5.56 Å². The molecule has 0 amide bonds. The zero-order chi connectivity index (χ0) is 15.8. The molecular weight excluding hydrogens is 297 g/mol. The van der Waals surface area contributed by atoms with Gasteiger partial charge in [-0.15, -0.1) is 0 Å². The van der Waals surface area contributed by atoms with Crippen LogP contribution in [0.4, 0.5) is 4.39 Å². The summed E-state index contributed by atoms with van der Waals surface area (Å²) in [5.74, 6) is -0.349. The van der Waals surface area contributed by atoms with Crippen LogP contribution in [0.25, 0.3) is 28.0 Å². The van der Waals surface area contributed by atoms with Gasteiger partial charge in [-0.3, -0.25) is 9.78 Å². The molecule has 23 heavy (non-hydrogen) atoms. The summed E-state index contributed by atoms with van der Waals surface area (Å²) in [5, 5.41) is 11.0. The van der Waals surface area contributed by atoms with Crippen LogP contribution >= 0.6 is 0 Å². The van der Waals surface area contributed by atoms with Crippen LogP contribution in [0.15, 0.2) is 59.8 Å². The van der Waals surface area contributed by atoms with Crippen LogP contribution in [-0.4, -0.2) is 24.8 Å². The molecule has 0 saturated carbocycles. The molecule has 1 aromatic carbocycles. The second-order valence-corrected chi connectivity index (χ2v) is 4.95. The first-order valence-corrected chi connectivity index (χ1v) is 6.87. The van der Waals surface area contributed by atoms with Crippen molar-refractivity contribution in [1.29, 1.82) is 0 Å². The molecule has 0 radical (unpaired) electrons. The molecule has 0 aliphatic carbocycles. The zero-order valence-electron chi connectivity index (χ0n) is 11.8. The van der Waals surface area contributed by atoms with Crippen molar-refractivity contribution in [2.24, 2.45) is 0 Å². The quantitative estimate of drug-likeness (QED) is 0.616. The van der Waals surface area contributed by atoms with Crippen molar-refractivity contribution < 1.29 is 4.39 Å². The number of rotatable bonds is 2. The number of aromatic amines is 1. The number of nitrogens with one attached hydrogen (secondary N) is 1. The van der Waals surface area contributed by atoms with Gasteiger partial charge in [0.25, 0.3) is 5.56 Å². The standard InChI is InChI=1S/C16H10FN5O/c17-11-3-1-2-10(8-11)16-15(12-4-5-14(23)20-19-12)13-9-18-6-7-22(13)21-16/h1-9H,(H,20,23). The van der Waals surface area contributed by atoms with E-state index in [2.05, 4.69) is 20.3 Å². The Labute approximate surface area is 129 Å². The fraction of sp³-hybridized carbons (Fsp3) is 0. The average Bonchev–Trinajstić information content (AvgIpc) is 2.95. The van der Waals surface area contributed by atoms with Gasteiger partial charge in [-0.2, -0.15) is 10.2 Å². The van der Waals surface area contributed by atoms with Crippen LogP contribution in [0.5, 0.6) is 0 Å². The maximum atomic E-state index is 13.6. The zero-order valence-corrected chi connectivity index (χ0v) is 11.8. The summed E-state index contributed by atoms with van der Waals surface area (Å²) < 4.78 is 15.2. The second-order valence-electron chi connectivity index (χ2n) is 4.95. The van der Waals surface area contributed by atoms with E-state index < -0.39 is 0 Å². The highest BCUT2D eigenvalue weighted by Crippen LogP contribution is 2.33. The molecular formula is C16H10FN5O. The Hall–Kier alpha value is -3.35. The third-order valence-electron chi connectivity index (χ3n) is 3.47. The molecule has 0 fully saturated rings. The highest BCUT2D eigenvalue weighted by molar-refractivity contribution is 5.90. The summed E-state index contributed by atoms with van der Waals surface area (Å²) >= 11 is 0. The molecule has 4 rings (SSSR count). The van der Waals surface area contributed by atoms with Crippen molar-refractivity contribution in [3.63, 3.8) is 0 Å². The molecule has 0 bridgehead atoms. The van der Waals surface area contributed by atoms with E-state index in [9.17, 15) is 9.18 Å². The van der Waals surface area contributed by atoms with Crippen molar-refractivity contribution in [2.45, 2.75) is 0 Å². The summed E-state index contributed by atoms with van der Waals surface area (Å²) in [4.78, 5) is 15.4. The second kappa shape index (κ2) is 5.13. The number of aromatic nitrogens is 5. The van der Waals surface area contributed by atoms with Crippen molar-refractivity contribution in [1.82, 2.24) is 24.8 Å². The smallest absolute Gasteiger partial charge is 0.264 e. The first-order valence-electron chi connectivity index (χ1n) is 6.87. The number of hydrogen-bond donors (Lipinski definition) is 1. The first kappa shape index (κ1) is 13.3. The van der Waals surface area contributed by atoms with E-state index in [1.165, 1.54) is 18.2 Å². The minimum absolute atomic E-state index is 0.296. The van der Waals surface area contributed by atoms with E-state index in [0.29, 0.717) is 28.0 Å². The maximum Gasteiger partial charge on any atom is 0.264 e. The predicted octanol–water partition coefficient (Wildman–Crippen LogP) is 2.29. The van der Waals surface area contributed by atoms with Gasteiger partial charge in [0.2, 0.25) is 0 Å². The Morgan fingerprint density at radius 1 is 1.17 bits per heavy atom. The minimum atomic E-state index is -0.349. The van der Waals surface area contributed by atoms with Gasteiger partial charge in [0, 0.05) is 24.0 Å². The first-order chi connectivity index (χ1) is 11.2. The highest BCUT2D eigenvalue weighted by atomic mass is 19.1. The summed E-state index contributed by atoms with van der Waals surface area (Å²) in [6, 6.07) is 9.16. The Morgan fingerprint density at radius 2 is 2.09 bits per heavy atom. The largest absolute Gasteiger partial charge is 0.268 e. The number of nitrogens with zero attached hydrogens (tertiary/aromatic N) is 4. The molecule has 0 atom stereocenters. The van der Waals surface area contributed by atoms with Crippen molar-refractivity contribution in [2.75, 3.05) is 0 Å². The third kappa shape index (κ3) is 2.28. The van der Waals surface area contributed by atoms with Crippen LogP contribution in [0.3, 0.4) is 0 Å². The van der Waals surface area contributed by atoms with Crippen LogP contribution in [0.1, 0.15) is 0 Å². The van der Waals surface area contributed by atoms with E-state index in [4.69, 9.17) is 0 Å². The SMILES string of the molecule is O=c1ccc(-c2c(-c3cccc(F)c3)nn3ccncc23)n[nH]1. The molecule has 6 nitrogen and oxygen atoms in total. The van der Waals surface area contributed by atoms with Crippen LogP contribution in [0.2, 0.25) is 0 Å². The number of benzene rings is 1. The summed E-state index contributed by atoms with van der Waals surface area (Å²) in [6.45, 7) is 0. The summed E-state index contributed by atoms with van der Waals surface area (Å²) in [7, 11) is 0. The van der Waals surface area contributed by atoms with Gasteiger partial charge in [0.05, 0.1) is 23.0 Å². The van der Waals surface area contributed by atoms with Crippen LogP contribution in [0, 0.1) is 5.82 Å². The number of hydrogen-bond acceptors (Lipinski definition) is 4. The topological polar surface area (TPSA) is 75.9 Å². The molecule has 0 saturated heterocycles. The van der Waals surface area contributed by atoms with Crippen LogP contribution in [-0.2, 0) is 0 Å². The molecule has 4 aromatic rings. The molecule has 3 aromatic heterocycles. The Bertz CT molecular complexity index is 1050. The van der Waals surface area contributed by atoms with Gasteiger partial charge in [-0.25, -0.2) is 14.0 Å². The Balaban J connectivity index is 2.06. The number of halogens is 1. The molecule has 0 unspecified atom stereocenters. The van der Waals surface area contributed by atoms with Gasteiger partial charge < -0.3 is 0 Å². The van der Waals surface area contributed by atoms with Gasteiger partial charge >= 0.3 is 0 Å². The molecule has 0 aliphatic rings. The fourth-order valence-electron chi connectivity index (χ4n) is 2.47. The molecule has 7 heteroatoms. The lowest BCUT2D eigenvalue weighted by Crippen LogP contribution is -2.05. The monoisotopic (exact) mass is 307 g/mol. The predicted molar refractivity (Wildman–Crippen MR) is 82.2 cm³/mol. The Kier molecular flexibility index (Phi) is 2.97. The lowest BCUT2D eigenvalue weighted by atomic mass is 10.0. The molecule has 0 spiro atoms.